The van der Waals surface area contributed by atoms with Crippen molar-refractivity contribution in [1.82, 2.24) is 14.5 Å². The zero-order valence-electron chi connectivity index (χ0n) is 16.7. The van der Waals surface area contributed by atoms with E-state index >= 15 is 0 Å². The molecule has 0 aromatic carbocycles. The predicted molar refractivity (Wildman–Crippen MR) is 101 cm³/mol. The van der Waals surface area contributed by atoms with Crippen LogP contribution in [0.2, 0.25) is 0 Å². The van der Waals surface area contributed by atoms with Gasteiger partial charge in [-0.1, -0.05) is 5.11 Å². The molecular formula is C17H23F3N6O5. The second-order valence-corrected chi connectivity index (χ2v) is 7.09. The number of aliphatic hydroxyl groups excluding tert-OH is 1. The highest BCUT2D eigenvalue weighted by Crippen LogP contribution is 2.29. The SMILES string of the molecule is Cc1cn([C@H]2C[C@H](N=[N+]=[N-])[C@@H](CO)O2)c(=O)n(CCCCCNC(=O)C(F)(F)F)c1=O. The minimum Gasteiger partial charge on any atom is -0.394 e. The minimum absolute atomic E-state index is 0.0302. The number of carbonyl (C=O) groups is 1. The van der Waals surface area contributed by atoms with Crippen molar-refractivity contribution in [3.05, 3.63) is 43.0 Å². The Morgan fingerprint density at radius 1 is 1.39 bits per heavy atom. The van der Waals surface area contributed by atoms with Crippen LogP contribution in [-0.2, 0) is 16.1 Å². The monoisotopic (exact) mass is 448 g/mol. The van der Waals surface area contributed by atoms with Crippen LogP contribution in [0.25, 0.3) is 10.4 Å². The number of amides is 1. The van der Waals surface area contributed by atoms with Crippen molar-refractivity contribution in [1.29, 1.82) is 0 Å². The predicted octanol–water partition coefficient (Wildman–Crippen LogP) is 1.13. The number of hydrogen-bond acceptors (Lipinski definition) is 6. The number of halogens is 3. The third kappa shape index (κ3) is 6.09. The van der Waals surface area contributed by atoms with Crippen molar-refractivity contribution in [2.75, 3.05) is 13.2 Å². The molecule has 11 nitrogen and oxygen atoms in total. The van der Waals surface area contributed by atoms with Crippen LogP contribution in [0.5, 0.6) is 0 Å². The summed E-state index contributed by atoms with van der Waals surface area (Å²) >= 11 is 0. The summed E-state index contributed by atoms with van der Waals surface area (Å²) in [7, 11) is 0. The average molecular weight is 448 g/mol. The summed E-state index contributed by atoms with van der Waals surface area (Å²) in [5.74, 6) is -2.01. The van der Waals surface area contributed by atoms with Gasteiger partial charge in [-0.05, 0) is 31.7 Å². The Bertz CT molecular complexity index is 953. The molecule has 0 aliphatic carbocycles. The molecule has 0 bridgehead atoms. The van der Waals surface area contributed by atoms with Crippen molar-refractivity contribution in [2.24, 2.45) is 5.11 Å². The standard InChI is InChI=1S/C17H23F3N6O5/c1-10-8-26(13-7-11(23-24-21)12(9-27)31-13)16(30)25(14(10)28)6-4-2-3-5-22-15(29)17(18,19)20/h8,11-13,27H,2-7,9H2,1H3,(H,22,29)/t11-,12+,13+/m0/s1. The van der Waals surface area contributed by atoms with Crippen molar-refractivity contribution < 1.29 is 27.8 Å². The Labute approximate surface area is 174 Å². The van der Waals surface area contributed by atoms with Crippen LogP contribution in [0.15, 0.2) is 20.9 Å². The third-order valence-electron chi connectivity index (χ3n) is 4.86. The Balaban J connectivity index is 2.03. The molecule has 1 fully saturated rings. The summed E-state index contributed by atoms with van der Waals surface area (Å²) in [6, 6.07) is -0.667. The summed E-state index contributed by atoms with van der Waals surface area (Å²) in [6.45, 7) is 0.969. The maximum Gasteiger partial charge on any atom is 0.471 e. The molecule has 0 saturated carbocycles. The number of nitrogens with one attached hydrogen (secondary N) is 1. The van der Waals surface area contributed by atoms with E-state index in [9.17, 15) is 32.7 Å². The molecule has 1 aliphatic rings. The Morgan fingerprint density at radius 3 is 2.71 bits per heavy atom. The lowest BCUT2D eigenvalue weighted by molar-refractivity contribution is -0.173. The minimum atomic E-state index is -4.94. The molecule has 1 saturated heterocycles. The smallest absolute Gasteiger partial charge is 0.394 e. The highest BCUT2D eigenvalue weighted by atomic mass is 19.4. The topological polar surface area (TPSA) is 151 Å². The first-order valence-corrected chi connectivity index (χ1v) is 9.58. The number of aromatic nitrogens is 2. The summed E-state index contributed by atoms with van der Waals surface area (Å²) in [5.41, 5.74) is 7.75. The van der Waals surface area contributed by atoms with Gasteiger partial charge in [0, 0.05) is 36.2 Å². The van der Waals surface area contributed by atoms with Gasteiger partial charge in [-0.15, -0.1) is 0 Å². The number of hydrogen-bond donors (Lipinski definition) is 2. The van der Waals surface area contributed by atoms with Crippen LogP contribution < -0.4 is 16.6 Å². The lowest BCUT2D eigenvalue weighted by atomic mass is 10.1. The molecule has 2 rings (SSSR count). The molecule has 0 spiro atoms. The van der Waals surface area contributed by atoms with Gasteiger partial charge in [-0.25, -0.2) is 4.79 Å². The average Bonchev–Trinajstić information content (AvgIpc) is 3.11. The van der Waals surface area contributed by atoms with Gasteiger partial charge < -0.3 is 15.2 Å². The van der Waals surface area contributed by atoms with Gasteiger partial charge >= 0.3 is 17.8 Å². The highest BCUT2D eigenvalue weighted by Gasteiger charge is 2.38. The third-order valence-corrected chi connectivity index (χ3v) is 4.86. The first kappa shape index (κ1) is 24.4. The second-order valence-electron chi connectivity index (χ2n) is 7.09. The molecule has 1 aliphatic heterocycles. The fraction of sp³-hybridized carbons (Fsp3) is 0.706. The molecule has 172 valence electrons. The molecule has 1 aromatic rings. The van der Waals surface area contributed by atoms with Gasteiger partial charge in [-0.2, -0.15) is 13.2 Å². The van der Waals surface area contributed by atoms with E-state index in [4.69, 9.17) is 10.3 Å². The molecular weight excluding hydrogens is 425 g/mol. The number of ether oxygens (including phenoxy) is 1. The van der Waals surface area contributed by atoms with Crippen LogP contribution in [0.4, 0.5) is 13.2 Å². The summed E-state index contributed by atoms with van der Waals surface area (Å²) in [4.78, 5) is 38.6. The van der Waals surface area contributed by atoms with Gasteiger partial charge in [0.2, 0.25) is 0 Å². The molecule has 0 radical (unpaired) electrons. The van der Waals surface area contributed by atoms with Crippen LogP contribution in [0, 0.1) is 6.92 Å². The fourth-order valence-electron chi connectivity index (χ4n) is 3.27. The first-order chi connectivity index (χ1) is 14.6. The lowest BCUT2D eigenvalue weighted by Crippen LogP contribution is -2.42. The van der Waals surface area contributed by atoms with Gasteiger partial charge in [-0.3, -0.25) is 18.7 Å². The number of azide groups is 1. The maximum atomic E-state index is 12.8. The summed E-state index contributed by atoms with van der Waals surface area (Å²) in [6.07, 6.45) is -4.11. The van der Waals surface area contributed by atoms with E-state index in [-0.39, 0.29) is 31.5 Å². The molecule has 2 N–H and O–H groups in total. The quantitative estimate of drug-likeness (QED) is 0.251. The largest absolute Gasteiger partial charge is 0.471 e. The van der Waals surface area contributed by atoms with Crippen LogP contribution in [0.1, 0.15) is 37.5 Å². The van der Waals surface area contributed by atoms with Gasteiger partial charge in [0.1, 0.15) is 6.23 Å². The van der Waals surface area contributed by atoms with Crippen LogP contribution >= 0.6 is 0 Å². The highest BCUT2D eigenvalue weighted by molar-refractivity contribution is 5.81. The summed E-state index contributed by atoms with van der Waals surface area (Å²) in [5, 5.41) is 14.7. The number of carbonyl (C=O) groups excluding carboxylic acids is 1. The van der Waals surface area contributed by atoms with E-state index in [0.717, 1.165) is 4.57 Å². The molecule has 3 atom stereocenters. The van der Waals surface area contributed by atoms with Crippen molar-refractivity contribution in [3.8, 4) is 0 Å². The van der Waals surface area contributed by atoms with E-state index < -0.39 is 48.3 Å². The maximum absolute atomic E-state index is 12.8. The first-order valence-electron chi connectivity index (χ1n) is 9.58. The summed E-state index contributed by atoms with van der Waals surface area (Å²) < 4.78 is 44.2. The Kier molecular flexibility index (Phi) is 8.25. The van der Waals surface area contributed by atoms with Crippen molar-refractivity contribution >= 4 is 5.91 Å². The van der Waals surface area contributed by atoms with Gasteiger partial charge in [0.15, 0.2) is 0 Å². The second kappa shape index (κ2) is 10.5. The van der Waals surface area contributed by atoms with E-state index in [0.29, 0.717) is 12.8 Å². The zero-order chi connectivity index (χ0) is 23.2. The zero-order valence-corrected chi connectivity index (χ0v) is 16.7. The lowest BCUT2D eigenvalue weighted by Gasteiger charge is -2.17. The number of unbranched alkanes of at least 4 members (excludes halogenated alkanes) is 2. The fourth-order valence-corrected chi connectivity index (χ4v) is 3.27. The van der Waals surface area contributed by atoms with Crippen molar-refractivity contribution in [2.45, 2.75) is 63.7 Å². The van der Waals surface area contributed by atoms with E-state index in [1.54, 1.807) is 5.32 Å². The molecule has 14 heteroatoms. The van der Waals surface area contributed by atoms with Crippen LogP contribution in [-0.4, -0.2) is 51.6 Å². The van der Waals surface area contributed by atoms with Gasteiger partial charge in [0.25, 0.3) is 5.56 Å². The van der Waals surface area contributed by atoms with E-state index in [1.165, 1.54) is 17.7 Å². The van der Waals surface area contributed by atoms with Crippen molar-refractivity contribution in [3.63, 3.8) is 0 Å². The number of aliphatic hydroxyl groups is 1. The van der Waals surface area contributed by atoms with E-state index in [1.807, 2.05) is 0 Å². The normalized spacial score (nSPS) is 21.0. The number of aryl methyl sites for hydroxylation is 1. The number of rotatable bonds is 9. The molecule has 1 aromatic heterocycles. The molecule has 31 heavy (non-hydrogen) atoms. The van der Waals surface area contributed by atoms with E-state index in [2.05, 4.69) is 10.0 Å². The van der Waals surface area contributed by atoms with Gasteiger partial charge in [0.05, 0.1) is 18.8 Å². The Hall–Kier alpha value is -2.83. The number of alkyl halides is 3. The molecule has 1 amide bonds. The Morgan fingerprint density at radius 2 is 2.10 bits per heavy atom. The number of nitrogens with zero attached hydrogens (tertiary/aromatic N) is 5. The molecule has 2 heterocycles. The van der Waals surface area contributed by atoms with Crippen LogP contribution in [0.3, 0.4) is 0 Å². The molecule has 0 unspecified atom stereocenters.